The van der Waals surface area contributed by atoms with E-state index in [1.165, 1.54) is 11.1 Å². The fraction of sp³-hybridized carbons (Fsp3) is 0.333. The van der Waals surface area contributed by atoms with Crippen LogP contribution in [-0.2, 0) is 5.41 Å². The third kappa shape index (κ3) is 3.59. The molecule has 0 bridgehead atoms. The van der Waals surface area contributed by atoms with E-state index in [1.807, 2.05) is 39.0 Å². The molecule has 118 valence electrons. The molecule has 1 heteroatoms. The van der Waals surface area contributed by atoms with E-state index in [4.69, 9.17) is 0 Å². The molecule has 0 aliphatic carbocycles. The summed E-state index contributed by atoms with van der Waals surface area (Å²) in [6.45, 7) is 16.3. The molecule has 0 saturated heterocycles. The van der Waals surface area contributed by atoms with E-state index in [0.29, 0.717) is 5.75 Å². The fourth-order valence-corrected chi connectivity index (χ4v) is 2.74. The monoisotopic (exact) mass is 296 g/mol. The number of hydrogen-bond donors (Lipinski definition) is 1. The predicted octanol–water partition coefficient (Wildman–Crippen LogP) is 5.84. The van der Waals surface area contributed by atoms with E-state index in [0.717, 1.165) is 16.7 Å². The molecule has 1 unspecified atom stereocenters. The number of aromatic hydroxyl groups is 1. The normalized spacial score (nSPS) is 12.8. The second-order valence-electron chi connectivity index (χ2n) is 5.80. The van der Waals surface area contributed by atoms with Crippen LogP contribution in [0, 0.1) is 20.8 Å². The van der Waals surface area contributed by atoms with Gasteiger partial charge in [0, 0.05) is 11.0 Å². The molecule has 0 aromatic heterocycles. The summed E-state index contributed by atoms with van der Waals surface area (Å²) in [5.74, 6) is 0.326. The van der Waals surface area contributed by atoms with Crippen molar-refractivity contribution in [3.8, 4) is 5.75 Å². The summed E-state index contributed by atoms with van der Waals surface area (Å²) < 4.78 is 0. The highest BCUT2D eigenvalue weighted by atomic mass is 16.3. The highest BCUT2D eigenvalue weighted by molar-refractivity contribution is 5.51. The van der Waals surface area contributed by atoms with Gasteiger partial charge in [0.05, 0.1) is 0 Å². The van der Waals surface area contributed by atoms with E-state index in [9.17, 15) is 5.11 Å². The molecular weight excluding hydrogens is 268 g/mol. The van der Waals surface area contributed by atoms with E-state index in [2.05, 4.69) is 45.5 Å². The first-order valence-corrected chi connectivity index (χ1v) is 7.89. The fourth-order valence-electron chi connectivity index (χ4n) is 2.74. The highest BCUT2D eigenvalue weighted by Crippen LogP contribution is 2.39. The van der Waals surface area contributed by atoms with Gasteiger partial charge in [-0.05, 0) is 44.9 Å². The molecule has 1 nitrogen and oxygen atoms in total. The van der Waals surface area contributed by atoms with Crippen LogP contribution in [0.1, 0.15) is 48.6 Å². The molecule has 2 aromatic rings. The molecule has 0 radical (unpaired) electrons. The number of phenols is 1. The first-order chi connectivity index (χ1) is 10.4. The average molecular weight is 296 g/mol. The molecule has 1 atom stereocenters. The first kappa shape index (κ1) is 18.0. The minimum atomic E-state index is -0.394. The molecular formula is C21H28O. The van der Waals surface area contributed by atoms with Crippen molar-refractivity contribution in [2.45, 2.75) is 47.0 Å². The zero-order chi connectivity index (χ0) is 16.9. The number of aryl methyl sites for hydroxylation is 3. The number of hydrogen-bond acceptors (Lipinski definition) is 1. The van der Waals surface area contributed by atoms with E-state index in [-0.39, 0.29) is 0 Å². The summed E-state index contributed by atoms with van der Waals surface area (Å²) in [5.41, 5.74) is 5.15. The molecule has 0 fully saturated rings. The molecule has 0 aliphatic heterocycles. The molecule has 0 heterocycles. The van der Waals surface area contributed by atoms with Gasteiger partial charge in [0.1, 0.15) is 5.75 Å². The quantitative estimate of drug-likeness (QED) is 0.706. The number of phenolic OH excluding ortho intramolecular Hbond substituents is 1. The molecule has 0 spiro atoms. The standard InChI is InChI=1S/C19H22O.C2H6/c1-6-19(5,16-10-14(3)9-15(4)11-16)17-8-7-13(2)12-18(17)20;1-2/h6-12,20H,1H2,2-5H3;1-2H3. The van der Waals surface area contributed by atoms with Crippen LogP contribution in [0.4, 0.5) is 0 Å². The number of allylic oxidation sites excluding steroid dienone is 1. The zero-order valence-corrected chi connectivity index (χ0v) is 14.7. The second kappa shape index (κ2) is 7.31. The molecule has 2 rings (SSSR count). The second-order valence-corrected chi connectivity index (χ2v) is 5.80. The molecule has 22 heavy (non-hydrogen) atoms. The largest absolute Gasteiger partial charge is 0.508 e. The summed E-state index contributed by atoms with van der Waals surface area (Å²) in [6, 6.07) is 12.3. The molecule has 1 N–H and O–H groups in total. The van der Waals surface area contributed by atoms with Crippen LogP contribution in [0.2, 0.25) is 0 Å². The van der Waals surface area contributed by atoms with Crippen LogP contribution in [0.3, 0.4) is 0 Å². The molecule has 0 saturated carbocycles. The van der Waals surface area contributed by atoms with Crippen LogP contribution < -0.4 is 0 Å². The van der Waals surface area contributed by atoms with Crippen LogP contribution in [0.15, 0.2) is 49.1 Å². The average Bonchev–Trinajstić information content (AvgIpc) is 2.47. The van der Waals surface area contributed by atoms with Crippen molar-refractivity contribution in [3.05, 3.63) is 76.9 Å². The van der Waals surface area contributed by atoms with Gasteiger partial charge in [0.15, 0.2) is 0 Å². The Hall–Kier alpha value is -2.02. The van der Waals surface area contributed by atoms with Crippen LogP contribution >= 0.6 is 0 Å². The van der Waals surface area contributed by atoms with Crippen molar-refractivity contribution < 1.29 is 5.11 Å². The van der Waals surface area contributed by atoms with E-state index >= 15 is 0 Å². The summed E-state index contributed by atoms with van der Waals surface area (Å²) in [5, 5.41) is 10.3. The number of benzene rings is 2. The topological polar surface area (TPSA) is 20.2 Å². The van der Waals surface area contributed by atoms with Gasteiger partial charge in [-0.3, -0.25) is 0 Å². The summed E-state index contributed by atoms with van der Waals surface area (Å²) in [4.78, 5) is 0. The van der Waals surface area contributed by atoms with Crippen molar-refractivity contribution in [1.29, 1.82) is 0 Å². The molecule has 0 aliphatic rings. The van der Waals surface area contributed by atoms with Crippen LogP contribution in [0.5, 0.6) is 5.75 Å². The smallest absolute Gasteiger partial charge is 0.120 e. The number of rotatable bonds is 3. The Morgan fingerprint density at radius 2 is 1.45 bits per heavy atom. The van der Waals surface area contributed by atoms with Crippen LogP contribution in [0.25, 0.3) is 0 Å². The Balaban J connectivity index is 0.00000116. The summed E-state index contributed by atoms with van der Waals surface area (Å²) in [7, 11) is 0. The zero-order valence-electron chi connectivity index (χ0n) is 14.7. The predicted molar refractivity (Wildman–Crippen MR) is 96.8 cm³/mol. The van der Waals surface area contributed by atoms with Gasteiger partial charge in [-0.1, -0.05) is 61.4 Å². The van der Waals surface area contributed by atoms with Gasteiger partial charge in [0.2, 0.25) is 0 Å². The van der Waals surface area contributed by atoms with E-state index < -0.39 is 5.41 Å². The summed E-state index contributed by atoms with van der Waals surface area (Å²) >= 11 is 0. The Kier molecular flexibility index (Phi) is 5.99. The lowest BCUT2D eigenvalue weighted by Crippen LogP contribution is -2.21. The first-order valence-electron chi connectivity index (χ1n) is 7.89. The maximum atomic E-state index is 10.3. The minimum absolute atomic E-state index is 0.326. The lowest BCUT2D eigenvalue weighted by molar-refractivity contribution is 0.458. The van der Waals surface area contributed by atoms with Crippen LogP contribution in [-0.4, -0.2) is 5.11 Å². The van der Waals surface area contributed by atoms with Gasteiger partial charge in [-0.15, -0.1) is 6.58 Å². The summed E-state index contributed by atoms with van der Waals surface area (Å²) in [6.07, 6.45) is 1.91. The Morgan fingerprint density at radius 3 is 1.91 bits per heavy atom. The highest BCUT2D eigenvalue weighted by Gasteiger charge is 2.28. The lowest BCUT2D eigenvalue weighted by Gasteiger charge is -2.29. The lowest BCUT2D eigenvalue weighted by atomic mass is 9.75. The van der Waals surface area contributed by atoms with Crippen molar-refractivity contribution in [2.24, 2.45) is 0 Å². The minimum Gasteiger partial charge on any atom is -0.508 e. The maximum Gasteiger partial charge on any atom is 0.120 e. The third-order valence-electron chi connectivity index (χ3n) is 3.94. The van der Waals surface area contributed by atoms with Gasteiger partial charge < -0.3 is 5.11 Å². The van der Waals surface area contributed by atoms with Gasteiger partial charge >= 0.3 is 0 Å². The van der Waals surface area contributed by atoms with Crippen molar-refractivity contribution in [3.63, 3.8) is 0 Å². The van der Waals surface area contributed by atoms with Gasteiger partial charge in [-0.2, -0.15) is 0 Å². The van der Waals surface area contributed by atoms with Crippen molar-refractivity contribution >= 4 is 0 Å². The van der Waals surface area contributed by atoms with Crippen molar-refractivity contribution in [1.82, 2.24) is 0 Å². The Morgan fingerprint density at radius 1 is 0.909 bits per heavy atom. The maximum absolute atomic E-state index is 10.3. The van der Waals surface area contributed by atoms with Gasteiger partial charge in [-0.25, -0.2) is 0 Å². The van der Waals surface area contributed by atoms with E-state index in [1.54, 1.807) is 6.07 Å². The SMILES string of the molecule is C=CC(C)(c1cc(C)cc(C)c1)c1ccc(C)cc1O.CC. The third-order valence-corrected chi connectivity index (χ3v) is 3.94. The van der Waals surface area contributed by atoms with Crippen molar-refractivity contribution in [2.75, 3.05) is 0 Å². The molecule has 0 amide bonds. The molecule has 2 aromatic carbocycles. The van der Waals surface area contributed by atoms with Gasteiger partial charge in [0.25, 0.3) is 0 Å². The Labute approximate surface area is 135 Å². The Bertz CT molecular complexity index is 635.